The van der Waals surface area contributed by atoms with Crippen molar-refractivity contribution in [3.8, 4) is 0 Å². The lowest BCUT2D eigenvalue weighted by atomic mass is 10.0. The number of benzene rings is 1. The Kier molecular flexibility index (Phi) is 3.95. The molecule has 0 saturated carbocycles. The summed E-state index contributed by atoms with van der Waals surface area (Å²) in [5, 5.41) is 0. The van der Waals surface area contributed by atoms with Crippen molar-refractivity contribution in [2.75, 3.05) is 26.2 Å². The molecule has 1 aromatic carbocycles. The van der Waals surface area contributed by atoms with Crippen LogP contribution in [0.1, 0.15) is 18.9 Å². The molecule has 112 valence electrons. The SMILES string of the molecule is CC(=O)N1C[C@H]2CN(C(=O)CCc3ccccc3)C[C@@H]2C1. The summed E-state index contributed by atoms with van der Waals surface area (Å²) < 4.78 is 0. The van der Waals surface area contributed by atoms with Gasteiger partial charge in [-0.2, -0.15) is 0 Å². The number of rotatable bonds is 3. The standard InChI is InChI=1S/C17H22N2O2/c1-13(20)18-9-15-11-19(12-16(15)10-18)17(21)8-7-14-5-3-2-4-6-14/h2-6,15-16H,7-12H2,1H3/t15-,16-/m0/s1. The van der Waals surface area contributed by atoms with E-state index in [0.29, 0.717) is 18.3 Å². The molecule has 0 aliphatic carbocycles. The Bertz CT molecular complexity index is 515. The van der Waals surface area contributed by atoms with E-state index in [2.05, 4.69) is 12.1 Å². The molecule has 1 aromatic rings. The van der Waals surface area contributed by atoms with E-state index in [4.69, 9.17) is 0 Å². The van der Waals surface area contributed by atoms with Crippen LogP contribution in [0.3, 0.4) is 0 Å². The maximum atomic E-state index is 12.3. The van der Waals surface area contributed by atoms with Gasteiger partial charge in [0.2, 0.25) is 11.8 Å². The number of hydrogen-bond acceptors (Lipinski definition) is 2. The van der Waals surface area contributed by atoms with Gasteiger partial charge in [-0.3, -0.25) is 9.59 Å². The molecule has 0 spiro atoms. The first-order chi connectivity index (χ1) is 10.1. The van der Waals surface area contributed by atoms with Gasteiger partial charge < -0.3 is 9.80 Å². The smallest absolute Gasteiger partial charge is 0.222 e. The predicted octanol–water partition coefficient (Wildman–Crippen LogP) is 1.56. The van der Waals surface area contributed by atoms with Gasteiger partial charge in [0, 0.05) is 51.4 Å². The zero-order valence-corrected chi connectivity index (χ0v) is 12.5. The second-order valence-corrected chi connectivity index (χ2v) is 6.23. The molecule has 2 fully saturated rings. The van der Waals surface area contributed by atoms with Gasteiger partial charge in [0.25, 0.3) is 0 Å². The summed E-state index contributed by atoms with van der Waals surface area (Å²) in [4.78, 5) is 27.6. The molecular weight excluding hydrogens is 264 g/mol. The van der Waals surface area contributed by atoms with Crippen LogP contribution in [0.15, 0.2) is 30.3 Å². The summed E-state index contributed by atoms with van der Waals surface area (Å²) in [7, 11) is 0. The Morgan fingerprint density at radius 3 is 2.14 bits per heavy atom. The van der Waals surface area contributed by atoms with Crippen LogP contribution < -0.4 is 0 Å². The van der Waals surface area contributed by atoms with E-state index in [1.54, 1.807) is 6.92 Å². The Labute approximate surface area is 125 Å². The summed E-state index contributed by atoms with van der Waals surface area (Å²) >= 11 is 0. The van der Waals surface area contributed by atoms with Gasteiger partial charge in [-0.25, -0.2) is 0 Å². The van der Waals surface area contributed by atoms with E-state index >= 15 is 0 Å². The Hall–Kier alpha value is -1.84. The number of aryl methyl sites for hydroxylation is 1. The Morgan fingerprint density at radius 1 is 1.00 bits per heavy atom. The molecule has 2 atom stereocenters. The molecule has 0 N–H and O–H groups in total. The maximum Gasteiger partial charge on any atom is 0.222 e. The van der Waals surface area contributed by atoms with Crippen LogP contribution in [-0.2, 0) is 16.0 Å². The molecule has 0 aromatic heterocycles. The summed E-state index contributed by atoms with van der Waals surface area (Å²) in [6.45, 7) is 4.92. The summed E-state index contributed by atoms with van der Waals surface area (Å²) in [5.41, 5.74) is 1.22. The zero-order chi connectivity index (χ0) is 14.8. The van der Waals surface area contributed by atoms with Crippen LogP contribution in [0.4, 0.5) is 0 Å². The van der Waals surface area contributed by atoms with Crippen LogP contribution in [-0.4, -0.2) is 47.8 Å². The molecule has 2 heterocycles. The minimum absolute atomic E-state index is 0.159. The lowest BCUT2D eigenvalue weighted by Crippen LogP contribution is -2.34. The van der Waals surface area contributed by atoms with Crippen LogP contribution in [0.2, 0.25) is 0 Å². The van der Waals surface area contributed by atoms with E-state index < -0.39 is 0 Å². The molecule has 0 bridgehead atoms. The number of carbonyl (C=O) groups excluding carboxylic acids is 2. The molecule has 4 heteroatoms. The molecule has 0 unspecified atom stereocenters. The topological polar surface area (TPSA) is 40.6 Å². The van der Waals surface area contributed by atoms with Gasteiger partial charge in [0.05, 0.1) is 0 Å². The number of fused-ring (bicyclic) bond motifs is 1. The highest BCUT2D eigenvalue weighted by atomic mass is 16.2. The van der Waals surface area contributed by atoms with Crippen molar-refractivity contribution >= 4 is 11.8 Å². The van der Waals surface area contributed by atoms with E-state index in [9.17, 15) is 9.59 Å². The molecule has 3 rings (SSSR count). The van der Waals surface area contributed by atoms with Crippen LogP contribution >= 0.6 is 0 Å². The van der Waals surface area contributed by atoms with Crippen molar-refractivity contribution < 1.29 is 9.59 Å². The second kappa shape index (κ2) is 5.88. The summed E-state index contributed by atoms with van der Waals surface area (Å²) in [6.07, 6.45) is 1.39. The molecule has 4 nitrogen and oxygen atoms in total. The van der Waals surface area contributed by atoms with Gasteiger partial charge >= 0.3 is 0 Å². The highest BCUT2D eigenvalue weighted by Gasteiger charge is 2.41. The molecular formula is C17H22N2O2. The van der Waals surface area contributed by atoms with Crippen molar-refractivity contribution in [3.63, 3.8) is 0 Å². The van der Waals surface area contributed by atoms with Gasteiger partial charge in [-0.15, -0.1) is 0 Å². The zero-order valence-electron chi connectivity index (χ0n) is 12.5. The monoisotopic (exact) mass is 286 g/mol. The molecule has 2 aliphatic heterocycles. The fraction of sp³-hybridized carbons (Fsp3) is 0.529. The van der Waals surface area contributed by atoms with Crippen LogP contribution in [0, 0.1) is 11.8 Å². The summed E-state index contributed by atoms with van der Waals surface area (Å²) in [5.74, 6) is 1.37. The van der Waals surface area contributed by atoms with Crippen molar-refractivity contribution in [1.29, 1.82) is 0 Å². The molecule has 0 radical (unpaired) electrons. The average Bonchev–Trinajstić information content (AvgIpc) is 3.04. The van der Waals surface area contributed by atoms with Crippen molar-refractivity contribution in [3.05, 3.63) is 35.9 Å². The normalized spacial score (nSPS) is 24.2. The summed E-state index contributed by atoms with van der Waals surface area (Å²) in [6, 6.07) is 10.1. The van der Waals surface area contributed by atoms with Crippen LogP contribution in [0.25, 0.3) is 0 Å². The second-order valence-electron chi connectivity index (χ2n) is 6.23. The Morgan fingerprint density at radius 2 is 1.57 bits per heavy atom. The van der Waals surface area contributed by atoms with E-state index in [-0.39, 0.29) is 11.8 Å². The van der Waals surface area contributed by atoms with Crippen LogP contribution in [0.5, 0.6) is 0 Å². The number of nitrogens with zero attached hydrogens (tertiary/aromatic N) is 2. The fourth-order valence-corrected chi connectivity index (χ4v) is 3.51. The molecule has 2 saturated heterocycles. The first-order valence-corrected chi connectivity index (χ1v) is 7.70. The van der Waals surface area contributed by atoms with Crippen molar-refractivity contribution in [1.82, 2.24) is 9.80 Å². The highest BCUT2D eigenvalue weighted by molar-refractivity contribution is 5.77. The van der Waals surface area contributed by atoms with E-state index in [1.165, 1.54) is 5.56 Å². The van der Waals surface area contributed by atoms with E-state index in [1.807, 2.05) is 28.0 Å². The largest absolute Gasteiger partial charge is 0.342 e. The number of amides is 2. The van der Waals surface area contributed by atoms with E-state index in [0.717, 1.165) is 32.6 Å². The number of likely N-dealkylation sites (tertiary alicyclic amines) is 2. The maximum absolute atomic E-state index is 12.3. The van der Waals surface area contributed by atoms with Gasteiger partial charge in [0.1, 0.15) is 0 Å². The molecule has 2 amide bonds. The molecule has 2 aliphatic rings. The lowest BCUT2D eigenvalue weighted by molar-refractivity contribution is -0.130. The Balaban J connectivity index is 1.49. The van der Waals surface area contributed by atoms with Gasteiger partial charge in [-0.05, 0) is 12.0 Å². The third-order valence-corrected chi connectivity index (χ3v) is 4.75. The first kappa shape index (κ1) is 14.1. The quantitative estimate of drug-likeness (QED) is 0.846. The fourth-order valence-electron chi connectivity index (χ4n) is 3.51. The third-order valence-electron chi connectivity index (χ3n) is 4.75. The number of hydrogen-bond donors (Lipinski definition) is 0. The minimum Gasteiger partial charge on any atom is -0.342 e. The number of carbonyl (C=O) groups is 2. The minimum atomic E-state index is 0.159. The van der Waals surface area contributed by atoms with Gasteiger partial charge in [0.15, 0.2) is 0 Å². The van der Waals surface area contributed by atoms with Crippen molar-refractivity contribution in [2.45, 2.75) is 19.8 Å². The van der Waals surface area contributed by atoms with Gasteiger partial charge in [-0.1, -0.05) is 30.3 Å². The highest BCUT2D eigenvalue weighted by Crippen LogP contribution is 2.31. The average molecular weight is 286 g/mol. The first-order valence-electron chi connectivity index (χ1n) is 7.70. The lowest BCUT2D eigenvalue weighted by Gasteiger charge is -2.21. The third kappa shape index (κ3) is 3.09. The van der Waals surface area contributed by atoms with Crippen molar-refractivity contribution in [2.24, 2.45) is 11.8 Å². The molecule has 21 heavy (non-hydrogen) atoms. The predicted molar refractivity (Wildman–Crippen MR) is 80.6 cm³/mol.